The fourth-order valence-corrected chi connectivity index (χ4v) is 2.67. The van der Waals surface area contributed by atoms with Crippen LogP contribution < -0.4 is 5.32 Å². The average Bonchev–Trinajstić information content (AvgIpc) is 2.87. The number of nitrogens with one attached hydrogen (secondary N) is 1. The Morgan fingerprint density at radius 3 is 2.65 bits per heavy atom. The minimum absolute atomic E-state index is 0.577. The molecule has 1 heterocycles. The Labute approximate surface area is 130 Å². The molecule has 0 aliphatic carbocycles. The van der Waals surface area contributed by atoms with Gasteiger partial charge >= 0.3 is 5.97 Å². The standard InChI is InChI=1S/C14H15BrN2O2S/c1-14(2,12(18)19)11-8-20-13(17-11)16-7-9-3-5-10(15)6-4-9/h3-6,8H,7H2,1-2H3,(H,16,17)(H,18,19). The van der Waals surface area contributed by atoms with Crippen LogP contribution in [0.2, 0.25) is 0 Å². The van der Waals surface area contributed by atoms with E-state index in [0.29, 0.717) is 12.2 Å². The molecule has 4 nitrogen and oxygen atoms in total. The van der Waals surface area contributed by atoms with Crippen molar-refractivity contribution >= 4 is 38.4 Å². The van der Waals surface area contributed by atoms with Crippen LogP contribution in [-0.2, 0) is 16.8 Å². The molecule has 0 saturated carbocycles. The number of anilines is 1. The molecule has 0 fully saturated rings. The molecule has 0 radical (unpaired) electrons. The molecular weight excluding hydrogens is 340 g/mol. The van der Waals surface area contributed by atoms with E-state index in [2.05, 4.69) is 26.2 Å². The van der Waals surface area contributed by atoms with E-state index in [9.17, 15) is 9.90 Å². The van der Waals surface area contributed by atoms with Crippen molar-refractivity contribution < 1.29 is 9.90 Å². The first-order valence-corrected chi connectivity index (χ1v) is 7.74. The van der Waals surface area contributed by atoms with Gasteiger partial charge in [0.25, 0.3) is 0 Å². The van der Waals surface area contributed by atoms with E-state index in [1.165, 1.54) is 11.3 Å². The largest absolute Gasteiger partial charge is 0.481 e. The van der Waals surface area contributed by atoms with Crippen molar-refractivity contribution in [2.24, 2.45) is 0 Å². The molecule has 0 aliphatic heterocycles. The van der Waals surface area contributed by atoms with Gasteiger partial charge in [0.1, 0.15) is 5.41 Å². The molecule has 1 aromatic carbocycles. The Morgan fingerprint density at radius 2 is 2.05 bits per heavy atom. The van der Waals surface area contributed by atoms with Crippen LogP contribution in [0.25, 0.3) is 0 Å². The Morgan fingerprint density at radius 1 is 1.40 bits per heavy atom. The van der Waals surface area contributed by atoms with E-state index in [1.807, 2.05) is 24.3 Å². The zero-order valence-electron chi connectivity index (χ0n) is 11.2. The summed E-state index contributed by atoms with van der Waals surface area (Å²) in [4.78, 5) is 15.5. The highest BCUT2D eigenvalue weighted by atomic mass is 79.9. The summed E-state index contributed by atoms with van der Waals surface area (Å²) < 4.78 is 1.04. The van der Waals surface area contributed by atoms with E-state index in [4.69, 9.17) is 0 Å². The Bertz CT molecular complexity index is 608. The maximum Gasteiger partial charge on any atom is 0.315 e. The quantitative estimate of drug-likeness (QED) is 0.855. The topological polar surface area (TPSA) is 62.2 Å². The van der Waals surface area contributed by atoms with Crippen LogP contribution in [-0.4, -0.2) is 16.1 Å². The van der Waals surface area contributed by atoms with Crippen LogP contribution >= 0.6 is 27.3 Å². The van der Waals surface area contributed by atoms with Crippen molar-refractivity contribution in [1.29, 1.82) is 0 Å². The number of thiazole rings is 1. The average molecular weight is 355 g/mol. The first-order chi connectivity index (χ1) is 9.39. The van der Waals surface area contributed by atoms with Crippen molar-refractivity contribution in [2.45, 2.75) is 25.8 Å². The van der Waals surface area contributed by atoms with Gasteiger partial charge in [-0.3, -0.25) is 4.79 Å². The summed E-state index contributed by atoms with van der Waals surface area (Å²) in [5.41, 5.74) is 0.754. The van der Waals surface area contributed by atoms with Gasteiger partial charge in [-0.2, -0.15) is 0 Å². The Hall–Kier alpha value is -1.40. The molecule has 0 unspecified atom stereocenters. The smallest absolute Gasteiger partial charge is 0.315 e. The summed E-state index contributed by atoms with van der Waals surface area (Å²) in [6.45, 7) is 3.97. The maximum absolute atomic E-state index is 11.2. The number of carboxylic acids is 1. The van der Waals surface area contributed by atoms with Gasteiger partial charge in [0, 0.05) is 16.4 Å². The van der Waals surface area contributed by atoms with Crippen molar-refractivity contribution in [1.82, 2.24) is 4.98 Å². The van der Waals surface area contributed by atoms with Gasteiger partial charge in [-0.1, -0.05) is 28.1 Å². The van der Waals surface area contributed by atoms with Gasteiger partial charge in [-0.25, -0.2) is 4.98 Å². The molecule has 0 bridgehead atoms. The summed E-state index contributed by atoms with van der Waals surface area (Å²) in [7, 11) is 0. The second-order valence-electron chi connectivity index (χ2n) is 4.95. The third kappa shape index (κ3) is 3.37. The fraction of sp³-hybridized carbons (Fsp3) is 0.286. The summed E-state index contributed by atoms with van der Waals surface area (Å²) in [6, 6.07) is 8.01. The van der Waals surface area contributed by atoms with Crippen LogP contribution in [0, 0.1) is 0 Å². The molecule has 2 aromatic rings. The molecular formula is C14H15BrN2O2S. The molecule has 0 atom stereocenters. The lowest BCUT2D eigenvalue weighted by Crippen LogP contribution is -2.28. The number of aliphatic carboxylic acids is 1. The molecule has 106 valence electrons. The van der Waals surface area contributed by atoms with Gasteiger partial charge < -0.3 is 10.4 Å². The predicted octanol–water partition coefficient (Wildman–Crippen LogP) is 3.88. The number of benzene rings is 1. The van der Waals surface area contributed by atoms with Crippen molar-refractivity contribution in [3.05, 3.63) is 45.4 Å². The van der Waals surface area contributed by atoms with Gasteiger partial charge in [0.15, 0.2) is 5.13 Å². The van der Waals surface area contributed by atoms with Crippen LogP contribution in [0.1, 0.15) is 25.1 Å². The van der Waals surface area contributed by atoms with Crippen LogP contribution in [0.4, 0.5) is 5.13 Å². The van der Waals surface area contributed by atoms with Crippen molar-refractivity contribution in [2.75, 3.05) is 5.32 Å². The number of rotatable bonds is 5. The van der Waals surface area contributed by atoms with Crippen LogP contribution in [0.3, 0.4) is 0 Å². The molecule has 6 heteroatoms. The summed E-state index contributed by atoms with van der Waals surface area (Å²) in [5.74, 6) is -0.873. The molecule has 0 spiro atoms. The number of hydrogen-bond acceptors (Lipinski definition) is 4. The Balaban J connectivity index is 2.03. The zero-order chi connectivity index (χ0) is 14.8. The normalized spacial score (nSPS) is 11.3. The minimum atomic E-state index is -0.964. The molecule has 1 aromatic heterocycles. The highest BCUT2D eigenvalue weighted by Gasteiger charge is 2.32. The third-order valence-electron chi connectivity index (χ3n) is 3.04. The molecule has 0 amide bonds. The van der Waals surface area contributed by atoms with E-state index in [-0.39, 0.29) is 0 Å². The second-order valence-corrected chi connectivity index (χ2v) is 6.72. The zero-order valence-corrected chi connectivity index (χ0v) is 13.6. The molecule has 0 saturated heterocycles. The maximum atomic E-state index is 11.2. The van der Waals surface area contributed by atoms with Gasteiger partial charge in [0.05, 0.1) is 5.69 Å². The number of carboxylic acid groups (broad SMARTS) is 1. The lowest BCUT2D eigenvalue weighted by Gasteiger charge is -2.15. The Kier molecular flexibility index (Phi) is 4.45. The fourth-order valence-electron chi connectivity index (χ4n) is 1.53. The number of halogens is 1. The predicted molar refractivity (Wildman–Crippen MR) is 84.2 cm³/mol. The number of aromatic nitrogens is 1. The summed E-state index contributed by atoms with van der Waals surface area (Å²) in [6.07, 6.45) is 0. The number of nitrogens with zero attached hydrogens (tertiary/aromatic N) is 1. The van der Waals surface area contributed by atoms with Gasteiger partial charge in [0.2, 0.25) is 0 Å². The third-order valence-corrected chi connectivity index (χ3v) is 4.36. The highest BCUT2D eigenvalue weighted by Crippen LogP contribution is 2.27. The molecule has 20 heavy (non-hydrogen) atoms. The van der Waals surface area contributed by atoms with E-state index < -0.39 is 11.4 Å². The van der Waals surface area contributed by atoms with E-state index in [0.717, 1.165) is 15.2 Å². The highest BCUT2D eigenvalue weighted by molar-refractivity contribution is 9.10. The van der Waals surface area contributed by atoms with E-state index >= 15 is 0 Å². The molecule has 2 rings (SSSR count). The lowest BCUT2D eigenvalue weighted by molar-refractivity contribution is -0.142. The summed E-state index contributed by atoms with van der Waals surface area (Å²) >= 11 is 4.82. The molecule has 2 N–H and O–H groups in total. The van der Waals surface area contributed by atoms with Gasteiger partial charge in [-0.05, 0) is 31.5 Å². The summed E-state index contributed by atoms with van der Waals surface area (Å²) in [5, 5.41) is 14.9. The second kappa shape index (κ2) is 5.93. The van der Waals surface area contributed by atoms with Crippen LogP contribution in [0.15, 0.2) is 34.1 Å². The van der Waals surface area contributed by atoms with Crippen molar-refractivity contribution in [3.63, 3.8) is 0 Å². The first kappa shape index (κ1) is 15.0. The number of carbonyl (C=O) groups is 1. The first-order valence-electron chi connectivity index (χ1n) is 6.07. The number of hydrogen-bond donors (Lipinski definition) is 2. The lowest BCUT2D eigenvalue weighted by atomic mass is 9.90. The monoisotopic (exact) mass is 354 g/mol. The van der Waals surface area contributed by atoms with Crippen molar-refractivity contribution in [3.8, 4) is 0 Å². The minimum Gasteiger partial charge on any atom is -0.481 e. The SMILES string of the molecule is CC(C)(C(=O)O)c1csc(NCc2ccc(Br)cc2)n1. The van der Waals surface area contributed by atoms with Crippen LogP contribution in [0.5, 0.6) is 0 Å². The van der Waals surface area contributed by atoms with E-state index in [1.54, 1.807) is 19.2 Å². The molecule has 0 aliphatic rings. The van der Waals surface area contributed by atoms with Gasteiger partial charge in [-0.15, -0.1) is 11.3 Å².